The first-order chi connectivity index (χ1) is 10.3. The summed E-state index contributed by atoms with van der Waals surface area (Å²) >= 11 is 5.76. The zero-order valence-electron chi connectivity index (χ0n) is 12.3. The Bertz CT molecular complexity index is 577. The summed E-state index contributed by atoms with van der Waals surface area (Å²) in [6.07, 6.45) is 0.727. The lowest BCUT2D eigenvalue weighted by molar-refractivity contribution is -0.123. The van der Waals surface area contributed by atoms with Gasteiger partial charge in [-0.3, -0.25) is 10.1 Å². The normalized spacial score (nSPS) is 11.4. The number of urea groups is 1. The van der Waals surface area contributed by atoms with Gasteiger partial charge in [0.25, 0.3) is 5.91 Å². The Balaban J connectivity index is 2.48. The van der Waals surface area contributed by atoms with Gasteiger partial charge in [-0.15, -0.1) is 0 Å². The maximum atomic E-state index is 11.8. The number of carbonyl (C=O) groups excluding carboxylic acids is 3. The van der Waals surface area contributed by atoms with Gasteiger partial charge in [-0.2, -0.15) is 0 Å². The molecule has 1 rings (SSSR count). The van der Waals surface area contributed by atoms with Crippen LogP contribution in [0.5, 0.6) is 0 Å². The summed E-state index contributed by atoms with van der Waals surface area (Å²) in [7, 11) is 0. The highest BCUT2D eigenvalue weighted by Gasteiger charge is 2.15. The molecule has 0 fully saturated rings. The fraction of sp³-hybridized carbons (Fsp3) is 0.357. The van der Waals surface area contributed by atoms with E-state index >= 15 is 0 Å². The van der Waals surface area contributed by atoms with Crippen molar-refractivity contribution >= 4 is 35.2 Å². The number of anilines is 1. The van der Waals surface area contributed by atoms with Crippen molar-refractivity contribution in [1.29, 1.82) is 0 Å². The Labute approximate surface area is 133 Å². The molecule has 1 aromatic rings. The van der Waals surface area contributed by atoms with Gasteiger partial charge in [0.15, 0.2) is 6.61 Å². The van der Waals surface area contributed by atoms with E-state index in [1.165, 1.54) is 18.2 Å². The van der Waals surface area contributed by atoms with Gasteiger partial charge < -0.3 is 15.8 Å². The van der Waals surface area contributed by atoms with Crippen molar-refractivity contribution in [2.75, 3.05) is 12.3 Å². The number of esters is 1. The topological polar surface area (TPSA) is 111 Å². The minimum Gasteiger partial charge on any atom is -0.452 e. The summed E-state index contributed by atoms with van der Waals surface area (Å²) in [5, 5.41) is 4.92. The first-order valence-electron chi connectivity index (χ1n) is 6.66. The molecule has 0 spiro atoms. The summed E-state index contributed by atoms with van der Waals surface area (Å²) in [5.74, 6) is -1.53. The zero-order valence-corrected chi connectivity index (χ0v) is 13.1. The highest BCUT2D eigenvalue weighted by molar-refractivity contribution is 6.31. The number of nitrogens with two attached hydrogens (primary N) is 1. The molecule has 22 heavy (non-hydrogen) atoms. The third-order valence-electron chi connectivity index (χ3n) is 2.81. The number of imide groups is 1. The minimum absolute atomic E-state index is 0.0596. The third-order valence-corrected chi connectivity index (χ3v) is 3.05. The summed E-state index contributed by atoms with van der Waals surface area (Å²) in [4.78, 5) is 34.7. The van der Waals surface area contributed by atoms with Gasteiger partial charge in [-0.1, -0.05) is 18.5 Å². The van der Waals surface area contributed by atoms with Crippen LogP contribution in [0.1, 0.15) is 30.6 Å². The van der Waals surface area contributed by atoms with Crippen LogP contribution in [-0.2, 0) is 9.53 Å². The van der Waals surface area contributed by atoms with Crippen LogP contribution in [-0.4, -0.2) is 30.6 Å². The number of hydrogen-bond donors (Lipinski definition) is 3. The summed E-state index contributed by atoms with van der Waals surface area (Å²) in [6.45, 7) is 3.09. The van der Waals surface area contributed by atoms with Gasteiger partial charge in [0.05, 0.1) is 5.56 Å². The number of amides is 3. The first-order valence-corrected chi connectivity index (χ1v) is 7.03. The van der Waals surface area contributed by atoms with E-state index in [0.717, 1.165) is 6.42 Å². The second kappa shape index (κ2) is 8.23. The molecular weight excluding hydrogens is 310 g/mol. The molecule has 0 aromatic heterocycles. The van der Waals surface area contributed by atoms with Crippen LogP contribution in [0.15, 0.2) is 18.2 Å². The van der Waals surface area contributed by atoms with Crippen molar-refractivity contribution in [3.8, 4) is 0 Å². The van der Waals surface area contributed by atoms with Gasteiger partial charge in [0.2, 0.25) is 0 Å². The standard InChI is InChI=1S/C14H18ClN3O4/c1-3-8(2)17-14(21)18-12(19)7-22-13(20)10-6-9(15)4-5-11(10)16/h4-6,8H,3,7,16H2,1-2H3,(H2,17,18,19,21)/t8-/m0/s1. The van der Waals surface area contributed by atoms with E-state index in [2.05, 4.69) is 10.6 Å². The van der Waals surface area contributed by atoms with Gasteiger partial charge in [-0.05, 0) is 31.5 Å². The number of nitrogen functional groups attached to an aromatic ring is 1. The van der Waals surface area contributed by atoms with Crippen LogP contribution in [0.4, 0.5) is 10.5 Å². The number of hydrogen-bond acceptors (Lipinski definition) is 5. The van der Waals surface area contributed by atoms with E-state index in [9.17, 15) is 14.4 Å². The summed E-state index contributed by atoms with van der Waals surface area (Å²) in [5.41, 5.74) is 5.87. The minimum atomic E-state index is -0.794. The summed E-state index contributed by atoms with van der Waals surface area (Å²) < 4.78 is 4.79. The van der Waals surface area contributed by atoms with Crippen molar-refractivity contribution in [3.63, 3.8) is 0 Å². The molecule has 3 amide bonds. The van der Waals surface area contributed by atoms with E-state index in [0.29, 0.717) is 5.02 Å². The molecule has 0 bridgehead atoms. The van der Waals surface area contributed by atoms with Crippen LogP contribution in [0.2, 0.25) is 5.02 Å². The molecule has 1 aromatic carbocycles. The average molecular weight is 328 g/mol. The average Bonchev–Trinajstić information content (AvgIpc) is 2.46. The lowest BCUT2D eigenvalue weighted by Gasteiger charge is -2.12. The molecule has 0 saturated heterocycles. The van der Waals surface area contributed by atoms with Gasteiger partial charge in [0, 0.05) is 16.8 Å². The van der Waals surface area contributed by atoms with E-state index in [1.54, 1.807) is 6.92 Å². The molecule has 4 N–H and O–H groups in total. The van der Waals surface area contributed by atoms with Crippen LogP contribution in [0, 0.1) is 0 Å². The molecule has 120 valence electrons. The number of rotatable bonds is 5. The Morgan fingerprint density at radius 2 is 2.05 bits per heavy atom. The Morgan fingerprint density at radius 1 is 1.36 bits per heavy atom. The fourth-order valence-electron chi connectivity index (χ4n) is 1.44. The summed E-state index contributed by atoms with van der Waals surface area (Å²) in [6, 6.07) is 3.62. The van der Waals surface area contributed by atoms with E-state index < -0.39 is 24.5 Å². The van der Waals surface area contributed by atoms with Crippen LogP contribution < -0.4 is 16.4 Å². The number of benzene rings is 1. The number of nitrogens with one attached hydrogen (secondary N) is 2. The Morgan fingerprint density at radius 3 is 2.68 bits per heavy atom. The molecule has 0 radical (unpaired) electrons. The molecule has 0 aliphatic heterocycles. The van der Waals surface area contributed by atoms with Crippen LogP contribution in [0.25, 0.3) is 0 Å². The number of carbonyl (C=O) groups is 3. The van der Waals surface area contributed by atoms with Crippen LogP contribution in [0.3, 0.4) is 0 Å². The second-order valence-electron chi connectivity index (χ2n) is 4.64. The smallest absolute Gasteiger partial charge is 0.340 e. The highest BCUT2D eigenvalue weighted by Crippen LogP contribution is 2.18. The highest BCUT2D eigenvalue weighted by atomic mass is 35.5. The molecule has 0 unspecified atom stereocenters. The van der Waals surface area contributed by atoms with Crippen molar-refractivity contribution in [2.45, 2.75) is 26.3 Å². The van der Waals surface area contributed by atoms with Crippen molar-refractivity contribution in [2.24, 2.45) is 0 Å². The van der Waals surface area contributed by atoms with Gasteiger partial charge in [-0.25, -0.2) is 9.59 Å². The van der Waals surface area contributed by atoms with Crippen LogP contribution >= 0.6 is 11.6 Å². The van der Waals surface area contributed by atoms with E-state index in [4.69, 9.17) is 22.1 Å². The third kappa shape index (κ3) is 5.61. The maximum absolute atomic E-state index is 11.8. The second-order valence-corrected chi connectivity index (χ2v) is 5.08. The molecule has 1 atom stereocenters. The maximum Gasteiger partial charge on any atom is 0.340 e. The lowest BCUT2D eigenvalue weighted by Crippen LogP contribution is -2.44. The van der Waals surface area contributed by atoms with Crippen molar-refractivity contribution in [3.05, 3.63) is 28.8 Å². The molecule has 0 aliphatic rings. The molecule has 0 aliphatic carbocycles. The van der Waals surface area contributed by atoms with E-state index in [1.807, 2.05) is 6.92 Å². The predicted molar refractivity (Wildman–Crippen MR) is 82.6 cm³/mol. The molecular formula is C14H18ClN3O4. The van der Waals surface area contributed by atoms with Gasteiger partial charge >= 0.3 is 12.0 Å². The Kier molecular flexibility index (Phi) is 6.65. The molecule has 0 heterocycles. The number of halogens is 1. The lowest BCUT2D eigenvalue weighted by atomic mass is 10.2. The fourth-order valence-corrected chi connectivity index (χ4v) is 1.61. The predicted octanol–water partition coefficient (Wildman–Crippen LogP) is 1.70. The Hall–Kier alpha value is -2.28. The first kappa shape index (κ1) is 17.8. The monoisotopic (exact) mass is 327 g/mol. The van der Waals surface area contributed by atoms with Gasteiger partial charge in [0.1, 0.15) is 0 Å². The largest absolute Gasteiger partial charge is 0.452 e. The zero-order chi connectivity index (χ0) is 16.7. The van der Waals surface area contributed by atoms with Crippen molar-refractivity contribution in [1.82, 2.24) is 10.6 Å². The number of ether oxygens (including phenoxy) is 1. The van der Waals surface area contributed by atoms with E-state index in [-0.39, 0.29) is 17.3 Å². The molecule has 8 heteroatoms. The SMILES string of the molecule is CC[C@H](C)NC(=O)NC(=O)COC(=O)c1cc(Cl)ccc1N. The molecule has 7 nitrogen and oxygen atoms in total. The quantitative estimate of drug-likeness (QED) is 0.563. The molecule has 0 saturated carbocycles. The van der Waals surface area contributed by atoms with Crippen molar-refractivity contribution < 1.29 is 19.1 Å².